The fourth-order valence-electron chi connectivity index (χ4n) is 1.28. The smallest absolute Gasteiger partial charge is 0.338 e. The summed E-state index contributed by atoms with van der Waals surface area (Å²) >= 11 is 1.69. The normalized spacial score (nSPS) is 12.2. The topological polar surface area (TPSA) is 52.3 Å². The summed E-state index contributed by atoms with van der Waals surface area (Å²) in [6.45, 7) is 6.45. The third-order valence-corrected chi connectivity index (χ3v) is 3.77. The van der Waals surface area contributed by atoms with Crippen LogP contribution in [-0.4, -0.2) is 17.8 Å². The number of thioether (sulfide) groups is 1. The highest BCUT2D eigenvalue weighted by Crippen LogP contribution is 2.31. The summed E-state index contributed by atoms with van der Waals surface area (Å²) in [4.78, 5) is 12.5. The predicted octanol–water partition coefficient (Wildman–Crippen LogP) is 3.34. The van der Waals surface area contributed by atoms with Crippen molar-refractivity contribution >= 4 is 23.4 Å². The Morgan fingerprint density at radius 2 is 2.18 bits per heavy atom. The van der Waals surface area contributed by atoms with Crippen LogP contribution in [0.3, 0.4) is 0 Å². The molecule has 0 saturated carbocycles. The van der Waals surface area contributed by atoms with Crippen LogP contribution in [0.1, 0.15) is 37.6 Å². The predicted molar refractivity (Wildman–Crippen MR) is 72.4 cm³/mol. The molecule has 0 aliphatic carbocycles. The second kappa shape index (κ2) is 6.55. The number of carbonyl (C=O) groups excluding carboxylic acids is 1. The Kier molecular flexibility index (Phi) is 5.35. The molecule has 94 valence electrons. The molecule has 1 aromatic carbocycles. The van der Waals surface area contributed by atoms with E-state index in [1.54, 1.807) is 30.8 Å². The van der Waals surface area contributed by atoms with Gasteiger partial charge in [-0.15, -0.1) is 11.8 Å². The summed E-state index contributed by atoms with van der Waals surface area (Å²) in [5, 5.41) is 0.481. The molecule has 1 aromatic rings. The van der Waals surface area contributed by atoms with Crippen LogP contribution in [0.4, 0.5) is 5.69 Å². The minimum Gasteiger partial charge on any atom is -0.462 e. The number of rotatable bonds is 5. The molecule has 2 N–H and O–H groups in total. The molecule has 0 bridgehead atoms. The number of carbonyl (C=O) groups is 1. The van der Waals surface area contributed by atoms with E-state index in [1.165, 1.54) is 0 Å². The van der Waals surface area contributed by atoms with Crippen molar-refractivity contribution in [1.29, 1.82) is 0 Å². The minimum absolute atomic E-state index is 0.293. The maximum atomic E-state index is 11.6. The zero-order valence-corrected chi connectivity index (χ0v) is 11.3. The van der Waals surface area contributed by atoms with Crippen molar-refractivity contribution in [3.05, 3.63) is 23.8 Å². The van der Waals surface area contributed by atoms with E-state index < -0.39 is 0 Å². The van der Waals surface area contributed by atoms with Gasteiger partial charge in [0.25, 0.3) is 0 Å². The van der Waals surface area contributed by atoms with E-state index in [2.05, 4.69) is 13.8 Å². The van der Waals surface area contributed by atoms with Gasteiger partial charge < -0.3 is 10.5 Å². The number of nitrogen functional groups attached to an aromatic ring is 1. The number of esters is 1. The van der Waals surface area contributed by atoms with Crippen molar-refractivity contribution in [2.75, 3.05) is 12.3 Å². The van der Waals surface area contributed by atoms with Gasteiger partial charge in [0.2, 0.25) is 0 Å². The molecule has 0 spiro atoms. The van der Waals surface area contributed by atoms with E-state index in [9.17, 15) is 4.79 Å². The lowest BCUT2D eigenvalue weighted by molar-refractivity contribution is 0.0526. The first-order chi connectivity index (χ1) is 8.08. The molecule has 0 heterocycles. The van der Waals surface area contributed by atoms with Crippen LogP contribution in [0.5, 0.6) is 0 Å². The van der Waals surface area contributed by atoms with Crippen molar-refractivity contribution in [3.8, 4) is 0 Å². The van der Waals surface area contributed by atoms with Gasteiger partial charge in [0.15, 0.2) is 0 Å². The lowest BCUT2D eigenvalue weighted by Gasteiger charge is -2.11. The second-order valence-electron chi connectivity index (χ2n) is 3.81. The van der Waals surface area contributed by atoms with E-state index in [1.807, 2.05) is 6.07 Å². The quantitative estimate of drug-likeness (QED) is 0.497. The molecule has 0 radical (unpaired) electrons. The minimum atomic E-state index is -0.293. The van der Waals surface area contributed by atoms with E-state index in [-0.39, 0.29) is 5.97 Å². The number of benzene rings is 1. The van der Waals surface area contributed by atoms with Crippen molar-refractivity contribution in [2.45, 2.75) is 37.3 Å². The maximum absolute atomic E-state index is 11.6. The van der Waals surface area contributed by atoms with Crippen molar-refractivity contribution in [3.63, 3.8) is 0 Å². The Bertz CT molecular complexity index is 393. The summed E-state index contributed by atoms with van der Waals surface area (Å²) in [5.74, 6) is -0.293. The van der Waals surface area contributed by atoms with Crippen molar-refractivity contribution in [1.82, 2.24) is 0 Å². The summed E-state index contributed by atoms with van der Waals surface area (Å²) < 4.78 is 4.97. The Morgan fingerprint density at radius 3 is 2.76 bits per heavy atom. The first-order valence-corrected chi connectivity index (χ1v) is 6.69. The van der Waals surface area contributed by atoms with Gasteiger partial charge in [-0.25, -0.2) is 4.79 Å². The van der Waals surface area contributed by atoms with Crippen LogP contribution in [0.2, 0.25) is 0 Å². The Labute approximate surface area is 107 Å². The molecular formula is C13H19NO2S. The number of nitrogens with two attached hydrogens (primary N) is 1. The molecule has 0 aliphatic rings. The molecule has 1 rings (SSSR count). The molecule has 0 amide bonds. The second-order valence-corrected chi connectivity index (χ2v) is 5.29. The van der Waals surface area contributed by atoms with Crippen LogP contribution in [0.15, 0.2) is 23.1 Å². The molecule has 0 fully saturated rings. The van der Waals surface area contributed by atoms with Crippen molar-refractivity contribution in [2.24, 2.45) is 0 Å². The Balaban J connectivity index is 2.90. The van der Waals surface area contributed by atoms with Crippen molar-refractivity contribution < 1.29 is 9.53 Å². The zero-order valence-electron chi connectivity index (χ0n) is 10.5. The number of hydrogen-bond acceptors (Lipinski definition) is 4. The van der Waals surface area contributed by atoms with Gasteiger partial charge in [0.05, 0.1) is 12.2 Å². The van der Waals surface area contributed by atoms with Crippen LogP contribution >= 0.6 is 11.8 Å². The molecule has 4 heteroatoms. The van der Waals surface area contributed by atoms with E-state index >= 15 is 0 Å². The zero-order chi connectivity index (χ0) is 12.8. The van der Waals surface area contributed by atoms with Gasteiger partial charge in [-0.2, -0.15) is 0 Å². The maximum Gasteiger partial charge on any atom is 0.338 e. The van der Waals surface area contributed by atoms with E-state index in [4.69, 9.17) is 10.5 Å². The summed E-state index contributed by atoms with van der Waals surface area (Å²) in [7, 11) is 0. The van der Waals surface area contributed by atoms with Gasteiger partial charge >= 0.3 is 5.97 Å². The summed E-state index contributed by atoms with van der Waals surface area (Å²) in [6.07, 6.45) is 1.06. The number of anilines is 1. The Hall–Kier alpha value is -1.16. The van der Waals surface area contributed by atoms with Crippen LogP contribution in [0, 0.1) is 0 Å². The standard InChI is InChI=1S/C13H19NO2S/c1-4-9(3)17-12-8-10(6-7-11(12)14)13(15)16-5-2/h6-9H,4-5,14H2,1-3H3. The highest BCUT2D eigenvalue weighted by molar-refractivity contribution is 8.00. The van der Waals surface area contributed by atoms with Gasteiger partial charge in [-0.1, -0.05) is 13.8 Å². The van der Waals surface area contributed by atoms with Gasteiger partial charge in [0, 0.05) is 15.8 Å². The first kappa shape index (κ1) is 13.9. The molecule has 1 atom stereocenters. The molecular weight excluding hydrogens is 234 g/mol. The first-order valence-electron chi connectivity index (χ1n) is 5.81. The molecule has 0 aliphatic heterocycles. The third kappa shape index (κ3) is 3.97. The SMILES string of the molecule is CCOC(=O)c1ccc(N)c(SC(C)CC)c1. The summed E-state index contributed by atoms with van der Waals surface area (Å²) in [5.41, 5.74) is 7.17. The fourth-order valence-corrected chi connectivity index (χ4v) is 2.28. The molecule has 1 unspecified atom stereocenters. The van der Waals surface area contributed by atoms with Crippen LogP contribution < -0.4 is 5.73 Å². The third-order valence-electron chi connectivity index (χ3n) is 2.43. The average Bonchev–Trinajstić information content (AvgIpc) is 2.32. The lowest BCUT2D eigenvalue weighted by Crippen LogP contribution is -2.05. The van der Waals surface area contributed by atoms with Gasteiger partial charge in [0.1, 0.15) is 0 Å². The molecule has 3 nitrogen and oxygen atoms in total. The van der Waals surface area contributed by atoms with Crippen LogP contribution in [0.25, 0.3) is 0 Å². The molecule has 0 aromatic heterocycles. The fraction of sp³-hybridized carbons (Fsp3) is 0.462. The average molecular weight is 253 g/mol. The van der Waals surface area contributed by atoms with Gasteiger partial charge in [-0.05, 0) is 31.5 Å². The van der Waals surface area contributed by atoms with Crippen LogP contribution in [-0.2, 0) is 4.74 Å². The van der Waals surface area contributed by atoms with E-state index in [0.717, 1.165) is 11.3 Å². The van der Waals surface area contributed by atoms with Gasteiger partial charge in [-0.3, -0.25) is 0 Å². The summed E-state index contributed by atoms with van der Waals surface area (Å²) in [6, 6.07) is 5.27. The van der Waals surface area contributed by atoms with E-state index in [0.29, 0.717) is 23.1 Å². The Morgan fingerprint density at radius 1 is 1.47 bits per heavy atom. The highest BCUT2D eigenvalue weighted by Gasteiger charge is 2.11. The monoisotopic (exact) mass is 253 g/mol. The number of hydrogen-bond donors (Lipinski definition) is 1. The number of ether oxygens (including phenoxy) is 1. The molecule has 17 heavy (non-hydrogen) atoms. The lowest BCUT2D eigenvalue weighted by atomic mass is 10.2. The largest absolute Gasteiger partial charge is 0.462 e. The highest BCUT2D eigenvalue weighted by atomic mass is 32.2. The molecule has 0 saturated heterocycles.